The van der Waals surface area contributed by atoms with E-state index < -0.39 is 56.7 Å². The van der Waals surface area contributed by atoms with E-state index in [9.17, 15) is 39.6 Å². The molecule has 2 aromatic rings. The van der Waals surface area contributed by atoms with Gasteiger partial charge in [-0.2, -0.15) is 13.2 Å². The van der Waals surface area contributed by atoms with E-state index in [1.54, 1.807) is 4.72 Å². The molecule has 3 rings (SSSR count). The lowest BCUT2D eigenvalue weighted by Gasteiger charge is -2.16. The van der Waals surface area contributed by atoms with Crippen LogP contribution in [-0.2, 0) is 27.9 Å². The van der Waals surface area contributed by atoms with Crippen molar-refractivity contribution in [1.29, 1.82) is 0 Å². The topological polar surface area (TPSA) is 66.5 Å². The second-order valence-electron chi connectivity index (χ2n) is 5.94. The maximum atomic E-state index is 13.7. The van der Waals surface area contributed by atoms with Gasteiger partial charge in [-0.3, -0.25) is 9.52 Å². The first-order valence-corrected chi connectivity index (χ1v) is 9.02. The molecule has 0 saturated carbocycles. The summed E-state index contributed by atoms with van der Waals surface area (Å²) in [5.74, 6) is -6.28. The predicted molar refractivity (Wildman–Crippen MR) is 83.9 cm³/mol. The Balaban J connectivity index is 1.88. The van der Waals surface area contributed by atoms with Crippen LogP contribution in [-0.4, -0.2) is 25.4 Å². The molecular weight excluding hydrogens is 414 g/mol. The minimum absolute atomic E-state index is 0.139. The molecule has 1 N–H and O–H groups in total. The highest BCUT2D eigenvalue weighted by atomic mass is 32.2. The van der Waals surface area contributed by atoms with Crippen LogP contribution in [0.15, 0.2) is 35.2 Å². The monoisotopic (exact) mass is 424 g/mol. The Labute approximate surface area is 154 Å². The molecule has 1 aliphatic heterocycles. The molecule has 5 nitrogen and oxygen atoms in total. The van der Waals surface area contributed by atoms with Gasteiger partial charge in [0.05, 0.1) is 4.90 Å². The van der Waals surface area contributed by atoms with Crippen LogP contribution in [0.4, 0.5) is 32.0 Å². The molecule has 0 radical (unpaired) electrons. The van der Waals surface area contributed by atoms with Gasteiger partial charge < -0.3 is 4.90 Å². The number of carbonyl (C=O) groups excluding carboxylic acids is 1. The molecule has 0 unspecified atom stereocenters. The number of carbonyl (C=O) groups is 1. The normalized spacial score (nSPS) is 14.1. The number of benzene rings is 2. The van der Waals surface area contributed by atoms with Gasteiger partial charge in [0.2, 0.25) is 0 Å². The van der Waals surface area contributed by atoms with Crippen LogP contribution in [0.1, 0.15) is 11.1 Å². The fourth-order valence-electron chi connectivity index (χ4n) is 2.69. The van der Waals surface area contributed by atoms with Crippen molar-refractivity contribution in [3.05, 3.63) is 58.9 Å². The van der Waals surface area contributed by atoms with Gasteiger partial charge in [0.1, 0.15) is 11.5 Å². The highest BCUT2D eigenvalue weighted by Gasteiger charge is 2.44. The molecular formula is C16H10F6N2O3S. The number of hydrogen-bond acceptors (Lipinski definition) is 3. The Morgan fingerprint density at radius 1 is 0.964 bits per heavy atom. The number of nitrogens with one attached hydrogen (secondary N) is 1. The number of anilines is 1. The molecule has 0 saturated heterocycles. The zero-order valence-corrected chi connectivity index (χ0v) is 14.5. The van der Waals surface area contributed by atoms with E-state index in [0.29, 0.717) is 10.5 Å². The summed E-state index contributed by atoms with van der Waals surface area (Å²) in [6, 6.07) is 3.78. The molecule has 1 aliphatic rings. The van der Waals surface area contributed by atoms with Crippen LogP contribution in [0, 0.1) is 17.5 Å². The van der Waals surface area contributed by atoms with Gasteiger partial charge in [0.15, 0.2) is 11.6 Å². The summed E-state index contributed by atoms with van der Waals surface area (Å²) in [6.45, 7) is -0.834. The molecule has 1 amide bonds. The lowest BCUT2D eigenvalue weighted by atomic mass is 10.1. The highest BCUT2D eigenvalue weighted by Crippen LogP contribution is 2.30. The van der Waals surface area contributed by atoms with Gasteiger partial charge >= 0.3 is 12.1 Å². The van der Waals surface area contributed by atoms with Gasteiger partial charge in [0.25, 0.3) is 10.0 Å². The maximum Gasteiger partial charge on any atom is 0.471 e. The first kappa shape index (κ1) is 20.0. The van der Waals surface area contributed by atoms with Crippen LogP contribution in [0.5, 0.6) is 0 Å². The minimum Gasteiger partial charge on any atom is -0.326 e. The van der Waals surface area contributed by atoms with Crippen LogP contribution in [0.3, 0.4) is 0 Å². The van der Waals surface area contributed by atoms with Crippen molar-refractivity contribution < 1.29 is 39.6 Å². The Hall–Kier alpha value is -2.76. The van der Waals surface area contributed by atoms with E-state index in [2.05, 4.69) is 0 Å². The minimum atomic E-state index is -5.07. The Bertz CT molecular complexity index is 1050. The van der Waals surface area contributed by atoms with Crippen molar-refractivity contribution in [3.63, 3.8) is 0 Å². The molecule has 0 aromatic heterocycles. The van der Waals surface area contributed by atoms with E-state index >= 15 is 0 Å². The van der Waals surface area contributed by atoms with E-state index in [-0.39, 0.29) is 24.2 Å². The number of sulfonamides is 1. The fraction of sp³-hybridized carbons (Fsp3) is 0.188. The van der Waals surface area contributed by atoms with Crippen LogP contribution in [0.25, 0.3) is 0 Å². The molecule has 28 heavy (non-hydrogen) atoms. The second-order valence-corrected chi connectivity index (χ2v) is 7.62. The summed E-state index contributed by atoms with van der Waals surface area (Å²) >= 11 is 0. The summed E-state index contributed by atoms with van der Waals surface area (Å²) in [6.07, 6.45) is -5.07. The molecule has 0 aliphatic carbocycles. The van der Waals surface area contributed by atoms with E-state index in [1.807, 2.05) is 0 Å². The average molecular weight is 424 g/mol. The Morgan fingerprint density at radius 3 is 2.11 bits per heavy atom. The SMILES string of the molecule is O=C(N1Cc2ccc(S(=O)(=O)Nc3c(F)cc(F)cc3F)cc2C1)C(F)(F)F. The number of hydrogen-bond donors (Lipinski definition) is 1. The van der Waals surface area contributed by atoms with Gasteiger partial charge in [0, 0.05) is 25.2 Å². The largest absolute Gasteiger partial charge is 0.471 e. The Morgan fingerprint density at radius 2 is 1.54 bits per heavy atom. The van der Waals surface area contributed by atoms with Crippen molar-refractivity contribution in [2.45, 2.75) is 24.2 Å². The Kier molecular flexibility index (Phi) is 4.77. The lowest BCUT2D eigenvalue weighted by molar-refractivity contribution is -0.186. The summed E-state index contributed by atoms with van der Waals surface area (Å²) in [4.78, 5) is 11.3. The second kappa shape index (κ2) is 6.69. The third-order valence-electron chi connectivity index (χ3n) is 3.98. The quantitative estimate of drug-likeness (QED) is 0.769. The maximum absolute atomic E-state index is 13.7. The van der Waals surface area contributed by atoms with Gasteiger partial charge in [-0.05, 0) is 23.3 Å². The molecule has 0 atom stereocenters. The summed E-state index contributed by atoms with van der Waals surface area (Å²) in [7, 11) is -4.54. The highest BCUT2D eigenvalue weighted by molar-refractivity contribution is 7.92. The summed E-state index contributed by atoms with van der Waals surface area (Å²) < 4.78 is 104. The summed E-state index contributed by atoms with van der Waals surface area (Å²) in [5.41, 5.74) is -0.660. The molecule has 2 aromatic carbocycles. The van der Waals surface area contributed by atoms with Crippen molar-refractivity contribution in [3.8, 4) is 0 Å². The zero-order chi connectivity index (χ0) is 20.9. The van der Waals surface area contributed by atoms with Crippen molar-refractivity contribution >= 4 is 21.6 Å². The van der Waals surface area contributed by atoms with Gasteiger partial charge in [-0.1, -0.05) is 6.07 Å². The number of alkyl halides is 3. The van der Waals surface area contributed by atoms with E-state index in [4.69, 9.17) is 0 Å². The van der Waals surface area contributed by atoms with Crippen LogP contribution < -0.4 is 4.72 Å². The van der Waals surface area contributed by atoms with E-state index in [0.717, 1.165) is 12.1 Å². The van der Waals surface area contributed by atoms with Crippen molar-refractivity contribution in [2.75, 3.05) is 4.72 Å². The number of rotatable bonds is 3. The fourth-order valence-corrected chi connectivity index (χ4v) is 3.82. The van der Waals surface area contributed by atoms with Crippen molar-refractivity contribution in [2.24, 2.45) is 0 Å². The first-order valence-electron chi connectivity index (χ1n) is 7.54. The molecule has 1 heterocycles. The van der Waals surface area contributed by atoms with Crippen molar-refractivity contribution in [1.82, 2.24) is 4.90 Å². The third-order valence-corrected chi connectivity index (χ3v) is 5.33. The lowest BCUT2D eigenvalue weighted by Crippen LogP contribution is -2.37. The van der Waals surface area contributed by atoms with Gasteiger partial charge in [-0.25, -0.2) is 21.6 Å². The van der Waals surface area contributed by atoms with Gasteiger partial charge in [-0.15, -0.1) is 0 Å². The third kappa shape index (κ3) is 3.77. The number of amides is 1. The van der Waals surface area contributed by atoms with Crippen LogP contribution >= 0.6 is 0 Å². The zero-order valence-electron chi connectivity index (χ0n) is 13.6. The smallest absolute Gasteiger partial charge is 0.326 e. The molecule has 0 spiro atoms. The van der Waals surface area contributed by atoms with E-state index in [1.165, 1.54) is 6.07 Å². The molecule has 0 bridgehead atoms. The molecule has 12 heteroatoms. The first-order chi connectivity index (χ1) is 12.9. The molecule has 0 fully saturated rings. The number of halogens is 6. The average Bonchev–Trinajstić information content (AvgIpc) is 2.99. The standard InChI is InChI=1S/C16H10F6N2O3S/c17-10-4-12(18)14(13(19)5-10)23-28(26,27)11-2-1-8-6-24(7-9(8)3-11)15(25)16(20,21)22/h1-5,23H,6-7H2. The number of nitrogens with zero attached hydrogens (tertiary/aromatic N) is 1. The molecule has 150 valence electrons. The number of fused-ring (bicyclic) bond motifs is 1. The summed E-state index contributed by atoms with van der Waals surface area (Å²) in [5, 5.41) is 0. The van der Waals surface area contributed by atoms with Crippen LogP contribution in [0.2, 0.25) is 0 Å². The predicted octanol–water partition coefficient (Wildman–Crippen LogP) is 3.31.